The number of rotatable bonds is 2. The van der Waals surface area contributed by atoms with Gasteiger partial charge in [-0.25, -0.2) is 4.98 Å². The number of benzene rings is 1. The predicted octanol–water partition coefficient (Wildman–Crippen LogP) is 2.35. The number of hydrogen-bond acceptors (Lipinski definition) is 3. The lowest BCUT2D eigenvalue weighted by Crippen LogP contribution is -1.79. The highest BCUT2D eigenvalue weighted by molar-refractivity contribution is 7.18. The summed E-state index contributed by atoms with van der Waals surface area (Å²) in [5.74, 6) is 0. The van der Waals surface area contributed by atoms with Crippen LogP contribution in [-0.2, 0) is 13.0 Å². The van der Waals surface area contributed by atoms with Crippen molar-refractivity contribution in [2.75, 3.05) is 0 Å². The second-order valence-corrected chi connectivity index (χ2v) is 4.04. The summed E-state index contributed by atoms with van der Waals surface area (Å²) >= 11 is 1.57. The summed E-state index contributed by atoms with van der Waals surface area (Å²) in [4.78, 5) is 4.28. The summed E-state index contributed by atoms with van der Waals surface area (Å²) in [6, 6.07) is 6.25. The van der Waals surface area contributed by atoms with E-state index >= 15 is 0 Å². The van der Waals surface area contributed by atoms with Gasteiger partial charge in [0.15, 0.2) is 0 Å². The SMILES string of the molecule is CCc1ccc2nc(CO)sc2c1. The molecule has 0 fully saturated rings. The summed E-state index contributed by atoms with van der Waals surface area (Å²) in [7, 11) is 0. The molecule has 68 valence electrons. The Kier molecular flexibility index (Phi) is 2.29. The number of aryl methyl sites for hydroxylation is 1. The maximum absolute atomic E-state index is 8.91. The number of aromatic nitrogens is 1. The van der Waals surface area contributed by atoms with Gasteiger partial charge >= 0.3 is 0 Å². The Balaban J connectivity index is 2.57. The molecule has 0 aliphatic carbocycles. The number of aliphatic hydroxyl groups is 1. The van der Waals surface area contributed by atoms with Crippen LogP contribution in [0.4, 0.5) is 0 Å². The van der Waals surface area contributed by atoms with Crippen LogP contribution in [-0.4, -0.2) is 10.1 Å². The fourth-order valence-corrected chi connectivity index (χ4v) is 2.20. The molecule has 0 amide bonds. The van der Waals surface area contributed by atoms with Crippen molar-refractivity contribution >= 4 is 21.6 Å². The third kappa shape index (κ3) is 1.57. The van der Waals surface area contributed by atoms with Crippen LogP contribution in [0.25, 0.3) is 10.2 Å². The zero-order valence-electron chi connectivity index (χ0n) is 7.45. The molecule has 0 saturated carbocycles. The molecule has 0 aliphatic rings. The van der Waals surface area contributed by atoms with Crippen molar-refractivity contribution < 1.29 is 5.11 Å². The number of fused-ring (bicyclic) bond motifs is 1. The van der Waals surface area contributed by atoms with Gasteiger partial charge in [-0.1, -0.05) is 13.0 Å². The van der Waals surface area contributed by atoms with E-state index in [9.17, 15) is 0 Å². The van der Waals surface area contributed by atoms with Gasteiger partial charge in [0, 0.05) is 0 Å². The van der Waals surface area contributed by atoms with Crippen molar-refractivity contribution in [1.29, 1.82) is 0 Å². The predicted molar refractivity (Wildman–Crippen MR) is 54.9 cm³/mol. The van der Waals surface area contributed by atoms with Crippen molar-refractivity contribution in [1.82, 2.24) is 4.98 Å². The lowest BCUT2D eigenvalue weighted by molar-refractivity contribution is 0.281. The van der Waals surface area contributed by atoms with Gasteiger partial charge in [-0.2, -0.15) is 0 Å². The zero-order chi connectivity index (χ0) is 9.26. The normalized spacial score (nSPS) is 10.9. The second-order valence-electron chi connectivity index (χ2n) is 2.92. The van der Waals surface area contributed by atoms with Gasteiger partial charge in [-0.3, -0.25) is 0 Å². The molecule has 1 heterocycles. The quantitative estimate of drug-likeness (QED) is 0.794. The lowest BCUT2D eigenvalue weighted by Gasteiger charge is -1.93. The van der Waals surface area contributed by atoms with E-state index in [2.05, 4.69) is 24.0 Å². The van der Waals surface area contributed by atoms with E-state index in [1.54, 1.807) is 11.3 Å². The molecule has 0 aliphatic heterocycles. The first kappa shape index (κ1) is 8.66. The lowest BCUT2D eigenvalue weighted by atomic mass is 10.2. The van der Waals surface area contributed by atoms with E-state index in [1.807, 2.05) is 6.07 Å². The minimum atomic E-state index is 0.0425. The van der Waals surface area contributed by atoms with Crippen molar-refractivity contribution in [3.8, 4) is 0 Å². The number of hydrogen-bond donors (Lipinski definition) is 1. The van der Waals surface area contributed by atoms with Crippen LogP contribution in [0, 0.1) is 0 Å². The molecule has 0 radical (unpaired) electrons. The highest BCUT2D eigenvalue weighted by Crippen LogP contribution is 2.23. The van der Waals surface area contributed by atoms with Gasteiger partial charge in [0.05, 0.1) is 16.8 Å². The molecule has 0 saturated heterocycles. The van der Waals surface area contributed by atoms with Gasteiger partial charge in [-0.15, -0.1) is 11.3 Å². The monoisotopic (exact) mass is 193 g/mol. The smallest absolute Gasteiger partial charge is 0.119 e. The third-order valence-electron chi connectivity index (χ3n) is 2.04. The van der Waals surface area contributed by atoms with Crippen LogP contribution >= 0.6 is 11.3 Å². The molecule has 0 bridgehead atoms. The van der Waals surface area contributed by atoms with Crippen LogP contribution in [0.3, 0.4) is 0 Å². The van der Waals surface area contributed by atoms with E-state index in [0.29, 0.717) is 0 Å². The molecule has 2 nitrogen and oxygen atoms in total. The molecule has 1 N–H and O–H groups in total. The summed E-state index contributed by atoms with van der Waals surface area (Å²) in [6.45, 7) is 2.18. The van der Waals surface area contributed by atoms with Gasteiger partial charge in [0.25, 0.3) is 0 Å². The van der Waals surface area contributed by atoms with Crippen LogP contribution in [0.2, 0.25) is 0 Å². The molecule has 0 spiro atoms. The molecule has 2 aromatic rings. The summed E-state index contributed by atoms with van der Waals surface area (Å²) in [6.07, 6.45) is 1.04. The maximum atomic E-state index is 8.91. The highest BCUT2D eigenvalue weighted by atomic mass is 32.1. The molecular weight excluding hydrogens is 182 g/mol. The van der Waals surface area contributed by atoms with E-state index in [-0.39, 0.29) is 6.61 Å². The van der Waals surface area contributed by atoms with Crippen molar-refractivity contribution in [2.24, 2.45) is 0 Å². The average molecular weight is 193 g/mol. The van der Waals surface area contributed by atoms with Crippen LogP contribution < -0.4 is 0 Å². The Morgan fingerprint density at radius 3 is 3.00 bits per heavy atom. The molecule has 0 unspecified atom stereocenters. The number of aliphatic hydroxyl groups excluding tert-OH is 1. The average Bonchev–Trinajstić information content (AvgIpc) is 2.58. The molecule has 13 heavy (non-hydrogen) atoms. The maximum Gasteiger partial charge on any atom is 0.119 e. The summed E-state index contributed by atoms with van der Waals surface area (Å²) in [5.41, 5.74) is 2.31. The fourth-order valence-electron chi connectivity index (χ4n) is 1.30. The Labute approximate surface area is 80.9 Å². The van der Waals surface area contributed by atoms with E-state index in [4.69, 9.17) is 5.11 Å². The Morgan fingerprint density at radius 1 is 1.46 bits per heavy atom. The summed E-state index contributed by atoms with van der Waals surface area (Å²) in [5, 5.41) is 9.71. The number of nitrogens with zero attached hydrogens (tertiary/aromatic N) is 1. The largest absolute Gasteiger partial charge is 0.389 e. The first-order chi connectivity index (χ1) is 6.33. The first-order valence-corrected chi connectivity index (χ1v) is 5.14. The first-order valence-electron chi connectivity index (χ1n) is 4.32. The Morgan fingerprint density at radius 2 is 2.31 bits per heavy atom. The Hall–Kier alpha value is -0.930. The van der Waals surface area contributed by atoms with Gasteiger partial charge in [0.1, 0.15) is 5.01 Å². The molecule has 2 rings (SSSR count). The van der Waals surface area contributed by atoms with Crippen LogP contribution in [0.15, 0.2) is 18.2 Å². The van der Waals surface area contributed by atoms with E-state index < -0.39 is 0 Å². The number of thiazole rings is 1. The molecule has 0 atom stereocenters. The van der Waals surface area contributed by atoms with Crippen LogP contribution in [0.5, 0.6) is 0 Å². The van der Waals surface area contributed by atoms with Crippen LogP contribution in [0.1, 0.15) is 17.5 Å². The zero-order valence-corrected chi connectivity index (χ0v) is 8.27. The van der Waals surface area contributed by atoms with Crippen molar-refractivity contribution in [2.45, 2.75) is 20.0 Å². The summed E-state index contributed by atoms with van der Waals surface area (Å²) < 4.78 is 1.17. The van der Waals surface area contributed by atoms with E-state index in [0.717, 1.165) is 16.9 Å². The fraction of sp³-hybridized carbons (Fsp3) is 0.300. The minimum Gasteiger partial charge on any atom is -0.389 e. The molecule has 1 aromatic carbocycles. The van der Waals surface area contributed by atoms with E-state index in [1.165, 1.54) is 10.3 Å². The second kappa shape index (κ2) is 3.44. The van der Waals surface area contributed by atoms with Gasteiger partial charge in [-0.05, 0) is 24.1 Å². The topological polar surface area (TPSA) is 33.1 Å². The van der Waals surface area contributed by atoms with Gasteiger partial charge in [0.2, 0.25) is 0 Å². The third-order valence-corrected chi connectivity index (χ3v) is 3.04. The molecule has 3 heteroatoms. The van der Waals surface area contributed by atoms with Crippen molar-refractivity contribution in [3.05, 3.63) is 28.8 Å². The molecular formula is C10H11NOS. The van der Waals surface area contributed by atoms with Gasteiger partial charge < -0.3 is 5.11 Å². The Bertz CT molecular complexity index is 420. The van der Waals surface area contributed by atoms with Crippen molar-refractivity contribution in [3.63, 3.8) is 0 Å². The standard InChI is InChI=1S/C10H11NOS/c1-2-7-3-4-8-9(5-7)13-10(6-12)11-8/h3-5,12H,2,6H2,1H3. The molecule has 1 aromatic heterocycles. The minimum absolute atomic E-state index is 0.0425. The highest BCUT2D eigenvalue weighted by Gasteiger charge is 2.02.